The predicted molar refractivity (Wildman–Crippen MR) is 88.2 cm³/mol. The van der Waals surface area contributed by atoms with E-state index in [1.54, 1.807) is 18.2 Å². The average molecular weight is 351 g/mol. The number of aryl methyl sites for hydroxylation is 1. The highest BCUT2D eigenvalue weighted by Gasteiger charge is 2.33. The first-order valence-electron chi connectivity index (χ1n) is 7.49. The topological polar surface area (TPSA) is 66.8 Å². The smallest absolute Gasteiger partial charge is 0.264 e. The second-order valence-electron chi connectivity index (χ2n) is 5.72. The number of hydrogen-bond donors (Lipinski definition) is 1. The summed E-state index contributed by atoms with van der Waals surface area (Å²) in [7, 11) is -2.37. The van der Waals surface area contributed by atoms with Gasteiger partial charge in [-0.2, -0.15) is 0 Å². The van der Waals surface area contributed by atoms with Crippen LogP contribution in [0.5, 0.6) is 5.75 Å². The van der Waals surface area contributed by atoms with Gasteiger partial charge in [-0.25, -0.2) is 12.8 Å². The van der Waals surface area contributed by atoms with E-state index in [0.717, 1.165) is 6.07 Å². The van der Waals surface area contributed by atoms with Gasteiger partial charge in [0.2, 0.25) is 0 Å². The summed E-state index contributed by atoms with van der Waals surface area (Å²) in [4.78, 5) is 0.0200. The Hall–Kier alpha value is -2.12. The van der Waals surface area contributed by atoms with Crippen LogP contribution in [0.3, 0.4) is 0 Å². The van der Waals surface area contributed by atoms with Crippen molar-refractivity contribution in [2.45, 2.75) is 24.3 Å². The van der Waals surface area contributed by atoms with Gasteiger partial charge in [0.15, 0.2) is 0 Å². The summed E-state index contributed by atoms with van der Waals surface area (Å²) >= 11 is 0. The minimum atomic E-state index is -3.86. The van der Waals surface area contributed by atoms with E-state index in [1.807, 2.05) is 0 Å². The summed E-state index contributed by atoms with van der Waals surface area (Å²) in [5, 5.41) is 10.1. The van der Waals surface area contributed by atoms with Gasteiger partial charge in [-0.1, -0.05) is 6.07 Å². The van der Waals surface area contributed by atoms with E-state index < -0.39 is 21.9 Å². The maximum absolute atomic E-state index is 13.5. The minimum Gasteiger partial charge on any atom is -0.497 e. The molecule has 0 spiro atoms. The summed E-state index contributed by atoms with van der Waals surface area (Å²) in [6.07, 6.45) is -0.439. The lowest BCUT2D eigenvalue weighted by Gasteiger charge is -2.33. The summed E-state index contributed by atoms with van der Waals surface area (Å²) in [5.74, 6) is 0.0448. The first-order chi connectivity index (χ1) is 11.3. The molecule has 5 nitrogen and oxygen atoms in total. The molecule has 0 bridgehead atoms. The van der Waals surface area contributed by atoms with Crippen molar-refractivity contribution in [3.05, 3.63) is 53.3 Å². The Kier molecular flexibility index (Phi) is 4.23. The summed E-state index contributed by atoms with van der Waals surface area (Å²) in [5.41, 5.74) is 1.18. The Bertz CT molecular complexity index is 882. The van der Waals surface area contributed by atoms with Crippen LogP contribution in [-0.2, 0) is 10.0 Å². The number of fused-ring (bicyclic) bond motifs is 1. The zero-order valence-electron chi connectivity index (χ0n) is 13.4. The highest BCUT2D eigenvalue weighted by molar-refractivity contribution is 7.92. The number of nitrogens with zero attached hydrogens (tertiary/aromatic N) is 1. The van der Waals surface area contributed by atoms with E-state index in [9.17, 15) is 17.9 Å². The molecule has 0 fully saturated rings. The van der Waals surface area contributed by atoms with Gasteiger partial charge in [-0.15, -0.1) is 0 Å². The lowest BCUT2D eigenvalue weighted by molar-refractivity contribution is 0.166. The third kappa shape index (κ3) is 2.74. The molecule has 7 heteroatoms. The number of benzene rings is 2. The van der Waals surface area contributed by atoms with Crippen LogP contribution in [0.15, 0.2) is 41.3 Å². The normalized spacial score (nSPS) is 17.5. The van der Waals surface area contributed by atoms with Gasteiger partial charge >= 0.3 is 0 Å². The van der Waals surface area contributed by atoms with Crippen molar-refractivity contribution in [3.8, 4) is 5.75 Å². The lowest BCUT2D eigenvalue weighted by Crippen LogP contribution is -2.36. The van der Waals surface area contributed by atoms with Gasteiger partial charge in [0, 0.05) is 18.2 Å². The van der Waals surface area contributed by atoms with Crippen LogP contribution >= 0.6 is 0 Å². The third-order valence-corrected chi connectivity index (χ3v) is 6.00. The van der Waals surface area contributed by atoms with E-state index in [1.165, 1.54) is 30.5 Å². The molecule has 0 aliphatic carbocycles. The van der Waals surface area contributed by atoms with Crippen molar-refractivity contribution in [1.82, 2.24) is 0 Å². The molecule has 0 radical (unpaired) electrons. The number of anilines is 1. The molecule has 2 aromatic carbocycles. The molecule has 24 heavy (non-hydrogen) atoms. The highest BCUT2D eigenvalue weighted by atomic mass is 32.2. The van der Waals surface area contributed by atoms with Crippen LogP contribution in [0.2, 0.25) is 0 Å². The Labute approximate surface area is 140 Å². The van der Waals surface area contributed by atoms with Crippen LogP contribution in [0.4, 0.5) is 10.1 Å². The Morgan fingerprint density at radius 2 is 2.00 bits per heavy atom. The van der Waals surface area contributed by atoms with Gasteiger partial charge in [0.05, 0.1) is 23.8 Å². The van der Waals surface area contributed by atoms with Crippen molar-refractivity contribution in [1.29, 1.82) is 0 Å². The minimum absolute atomic E-state index is 0.0200. The van der Waals surface area contributed by atoms with Crippen LogP contribution in [-0.4, -0.2) is 27.2 Å². The van der Waals surface area contributed by atoms with Gasteiger partial charge in [0.25, 0.3) is 10.0 Å². The lowest BCUT2D eigenvalue weighted by atomic mass is 10.0. The van der Waals surface area contributed by atoms with Crippen LogP contribution in [0, 0.1) is 12.7 Å². The fourth-order valence-corrected chi connectivity index (χ4v) is 4.40. The Balaban J connectivity index is 2.12. The maximum Gasteiger partial charge on any atom is 0.264 e. The fourth-order valence-electron chi connectivity index (χ4n) is 2.82. The SMILES string of the molecule is COc1ccc2c(c1)N(S(=O)(=O)c1ccc(F)c(C)c1)CCC2O. The summed E-state index contributed by atoms with van der Waals surface area (Å²) in [6.45, 7) is 1.66. The van der Waals surface area contributed by atoms with Crippen molar-refractivity contribution in [2.75, 3.05) is 18.0 Å². The molecule has 1 heterocycles. The van der Waals surface area contributed by atoms with Crippen LogP contribution < -0.4 is 9.04 Å². The van der Waals surface area contributed by atoms with Crippen molar-refractivity contribution in [3.63, 3.8) is 0 Å². The maximum atomic E-state index is 13.5. The quantitative estimate of drug-likeness (QED) is 0.923. The van der Waals surface area contributed by atoms with E-state index in [-0.39, 0.29) is 17.0 Å². The molecule has 0 aromatic heterocycles. The molecule has 128 valence electrons. The molecule has 0 amide bonds. The molecular formula is C17H18FNO4S. The number of ether oxygens (including phenoxy) is 1. The first kappa shape index (κ1) is 16.7. The summed E-state index contributed by atoms with van der Waals surface area (Å²) < 4.78 is 45.9. The molecule has 0 saturated heterocycles. The van der Waals surface area contributed by atoms with Crippen LogP contribution in [0.1, 0.15) is 23.7 Å². The van der Waals surface area contributed by atoms with Gasteiger partial charge in [-0.05, 0) is 43.2 Å². The molecule has 0 saturated carbocycles. The standard InChI is InChI=1S/C17H18FNO4S/c1-11-9-13(4-6-15(11)18)24(21,22)19-8-7-17(20)14-5-3-12(23-2)10-16(14)19/h3-6,9-10,17,20H,7-8H2,1-2H3. The van der Waals surface area contributed by atoms with E-state index in [0.29, 0.717) is 23.4 Å². The number of hydrogen-bond acceptors (Lipinski definition) is 4. The fraction of sp³-hybridized carbons (Fsp3) is 0.294. The predicted octanol–water partition coefficient (Wildman–Crippen LogP) is 2.78. The molecule has 3 rings (SSSR count). The number of halogens is 1. The number of rotatable bonds is 3. The second kappa shape index (κ2) is 6.07. The third-order valence-electron chi connectivity index (χ3n) is 4.19. The largest absolute Gasteiger partial charge is 0.497 e. The number of methoxy groups -OCH3 is 1. The van der Waals surface area contributed by atoms with Gasteiger partial charge < -0.3 is 9.84 Å². The van der Waals surface area contributed by atoms with E-state index >= 15 is 0 Å². The molecule has 1 aliphatic heterocycles. The number of aliphatic hydroxyl groups is 1. The number of sulfonamides is 1. The Morgan fingerprint density at radius 1 is 1.25 bits per heavy atom. The monoisotopic (exact) mass is 351 g/mol. The van der Waals surface area contributed by atoms with Crippen molar-refractivity contribution >= 4 is 15.7 Å². The molecule has 1 atom stereocenters. The molecule has 1 aliphatic rings. The summed E-state index contributed by atoms with van der Waals surface area (Å²) in [6, 6.07) is 8.65. The average Bonchev–Trinajstić information content (AvgIpc) is 2.56. The second-order valence-corrected chi connectivity index (χ2v) is 7.58. The zero-order valence-corrected chi connectivity index (χ0v) is 14.2. The van der Waals surface area contributed by atoms with Crippen molar-refractivity contribution < 1.29 is 22.7 Å². The van der Waals surface area contributed by atoms with E-state index in [2.05, 4.69) is 0 Å². The first-order valence-corrected chi connectivity index (χ1v) is 8.93. The molecule has 1 unspecified atom stereocenters. The highest BCUT2D eigenvalue weighted by Crippen LogP contribution is 2.39. The molecule has 2 aromatic rings. The van der Waals surface area contributed by atoms with Crippen molar-refractivity contribution in [2.24, 2.45) is 0 Å². The number of aliphatic hydroxyl groups excluding tert-OH is 1. The molecule has 1 N–H and O–H groups in total. The van der Waals surface area contributed by atoms with Crippen LogP contribution in [0.25, 0.3) is 0 Å². The zero-order chi connectivity index (χ0) is 17.5. The van der Waals surface area contributed by atoms with E-state index in [4.69, 9.17) is 4.74 Å². The molecular weight excluding hydrogens is 333 g/mol. The Morgan fingerprint density at radius 3 is 2.67 bits per heavy atom. The van der Waals surface area contributed by atoms with Gasteiger partial charge in [-0.3, -0.25) is 4.31 Å². The van der Waals surface area contributed by atoms with Gasteiger partial charge in [0.1, 0.15) is 11.6 Å².